The molecule has 0 atom stereocenters. The topological polar surface area (TPSA) is 0 Å². The van der Waals surface area contributed by atoms with Crippen LogP contribution in [0.2, 0.25) is 13.1 Å². The first-order chi connectivity index (χ1) is 6.73. The first-order valence-corrected chi connectivity index (χ1v) is 9.53. The molecule has 0 aromatic carbocycles. The van der Waals surface area contributed by atoms with E-state index >= 15 is 0 Å². The van der Waals surface area contributed by atoms with Crippen LogP contribution in [0.4, 0.5) is 0 Å². The van der Waals surface area contributed by atoms with Gasteiger partial charge >= 0.3 is 38.5 Å². The second-order valence-electron chi connectivity index (χ2n) is 3.01. The predicted molar refractivity (Wildman–Crippen MR) is 81.3 cm³/mol. The Balaban J connectivity index is -0.000000151. The van der Waals surface area contributed by atoms with E-state index in [-0.39, 0.29) is 40.1 Å². The molecule has 0 spiro atoms. The average Bonchev–Trinajstić information content (AvgIpc) is 2.83. The van der Waals surface area contributed by atoms with Gasteiger partial charge in [-0.3, -0.25) is 12.2 Å². The van der Waals surface area contributed by atoms with Crippen molar-refractivity contribution in [2.45, 2.75) is 25.9 Å². The Morgan fingerprint density at radius 2 is 1.25 bits per heavy atom. The van der Waals surface area contributed by atoms with Crippen molar-refractivity contribution in [2.75, 3.05) is 0 Å². The molecule has 0 saturated heterocycles. The summed E-state index contributed by atoms with van der Waals surface area (Å²) in [5.74, 6) is 0. The molecule has 2 rings (SSSR count). The Hall–Kier alpha value is 0.851. The van der Waals surface area contributed by atoms with E-state index < -0.39 is 0 Å². The van der Waals surface area contributed by atoms with Crippen LogP contribution in [0.5, 0.6) is 0 Å². The summed E-state index contributed by atoms with van der Waals surface area (Å²) in [4.78, 5) is 0. The summed E-state index contributed by atoms with van der Waals surface area (Å²) >= 11 is 2.27. The molecular formula is C12H18Br2SiTi. The third kappa shape index (κ3) is 24.2. The SMILES string of the molecule is Br.Br.C[Si](C)=[Ti+2].[C-]1=CC=CC1.[C-]1=CC=CC1. The van der Waals surface area contributed by atoms with Gasteiger partial charge in [-0.05, 0) is 0 Å². The summed E-state index contributed by atoms with van der Waals surface area (Å²) in [5.41, 5.74) is 0. The molecule has 0 heterocycles. The third-order valence-corrected chi connectivity index (χ3v) is 1.17. The second-order valence-corrected chi connectivity index (χ2v) is 9.69. The van der Waals surface area contributed by atoms with E-state index in [9.17, 15) is 0 Å². The molecule has 0 aromatic rings. The second kappa shape index (κ2) is 18.2. The van der Waals surface area contributed by atoms with Gasteiger partial charge in [0.05, 0.1) is 0 Å². The van der Waals surface area contributed by atoms with Gasteiger partial charge in [-0.2, -0.15) is 12.2 Å². The molecule has 88 valence electrons. The Kier molecular flexibility index (Phi) is 25.1. The fourth-order valence-corrected chi connectivity index (χ4v) is 0.680. The van der Waals surface area contributed by atoms with E-state index in [1.165, 1.54) is 0 Å². The van der Waals surface area contributed by atoms with Crippen LogP contribution in [0.15, 0.2) is 36.5 Å². The van der Waals surface area contributed by atoms with Crippen molar-refractivity contribution >= 4 is 40.1 Å². The van der Waals surface area contributed by atoms with Crippen molar-refractivity contribution in [1.82, 2.24) is 0 Å². The first kappa shape index (κ1) is 22.1. The number of hydrogen-bond acceptors (Lipinski definition) is 0. The largest absolute Gasteiger partial charge is 0.273 e. The van der Waals surface area contributed by atoms with Crippen LogP contribution in [-0.4, -0.2) is 6.19 Å². The van der Waals surface area contributed by atoms with Gasteiger partial charge in [-0.15, -0.1) is 46.8 Å². The minimum atomic E-state index is 0. The van der Waals surface area contributed by atoms with Crippen molar-refractivity contribution in [3.8, 4) is 0 Å². The van der Waals surface area contributed by atoms with Crippen LogP contribution in [0.3, 0.4) is 0 Å². The first-order valence-electron chi connectivity index (χ1n) is 4.68. The molecule has 0 fully saturated rings. The van der Waals surface area contributed by atoms with Gasteiger partial charge in [0.25, 0.3) is 0 Å². The van der Waals surface area contributed by atoms with Crippen LogP contribution in [-0.2, 0) is 19.2 Å². The number of halogens is 2. The summed E-state index contributed by atoms with van der Waals surface area (Å²) < 4.78 is 0. The quantitative estimate of drug-likeness (QED) is 0.415. The maximum absolute atomic E-state index is 2.99. The molecule has 0 saturated carbocycles. The molecule has 0 amide bonds. The van der Waals surface area contributed by atoms with E-state index in [0.29, 0.717) is 0 Å². The molecule has 16 heavy (non-hydrogen) atoms. The van der Waals surface area contributed by atoms with E-state index in [1.54, 1.807) is 0 Å². The molecule has 0 aromatic heterocycles. The smallest absolute Gasteiger partial charge is 0.109 e. The van der Waals surface area contributed by atoms with Crippen molar-refractivity contribution in [2.24, 2.45) is 0 Å². The Morgan fingerprint density at radius 3 is 1.31 bits per heavy atom. The number of allylic oxidation sites excluding steroid dienone is 8. The standard InChI is InChI=1S/2C5H5.C2H6Si.2BrH.Ti/c2*1-2-4-5-3-1;1-3-2;;;/h2*1-3H,4H2;1-2H3;2*1H;/q2*-1;;;;+2. The molecule has 0 aliphatic heterocycles. The molecule has 0 bridgehead atoms. The Labute approximate surface area is 133 Å². The van der Waals surface area contributed by atoms with Gasteiger partial charge in [-0.1, -0.05) is 0 Å². The van der Waals surface area contributed by atoms with Gasteiger partial charge in [0.2, 0.25) is 0 Å². The minimum absolute atomic E-state index is 0. The van der Waals surface area contributed by atoms with Gasteiger partial charge in [-0.25, -0.2) is 24.3 Å². The van der Waals surface area contributed by atoms with Gasteiger partial charge < -0.3 is 0 Å². The van der Waals surface area contributed by atoms with Crippen molar-refractivity contribution in [3.63, 3.8) is 0 Å². The Bertz CT molecular complexity index is 222. The molecule has 0 unspecified atom stereocenters. The van der Waals surface area contributed by atoms with E-state index in [4.69, 9.17) is 0 Å². The summed E-state index contributed by atoms with van der Waals surface area (Å²) in [6, 6.07) is 0. The zero-order valence-corrected chi connectivity index (χ0v) is 15.7. The van der Waals surface area contributed by atoms with Crippen LogP contribution < -0.4 is 0 Å². The zero-order chi connectivity index (χ0) is 10.6. The molecule has 2 aliphatic rings. The fraction of sp³-hybridized carbons (Fsp3) is 0.333. The van der Waals surface area contributed by atoms with Crippen molar-refractivity contribution in [3.05, 3.63) is 48.6 Å². The van der Waals surface area contributed by atoms with Crippen LogP contribution in [0.25, 0.3) is 0 Å². The monoisotopic (exact) mass is 396 g/mol. The van der Waals surface area contributed by atoms with Crippen LogP contribution >= 0.6 is 34.0 Å². The summed E-state index contributed by atoms with van der Waals surface area (Å²) in [6.07, 6.45) is 20.1. The van der Waals surface area contributed by atoms with Crippen molar-refractivity contribution < 1.29 is 19.2 Å². The molecule has 0 N–H and O–H groups in total. The van der Waals surface area contributed by atoms with E-state index in [1.807, 2.05) is 24.3 Å². The van der Waals surface area contributed by atoms with Crippen LogP contribution in [0, 0.1) is 12.2 Å². The van der Waals surface area contributed by atoms with Crippen molar-refractivity contribution in [1.29, 1.82) is 0 Å². The maximum Gasteiger partial charge on any atom is -0.109 e. The number of rotatable bonds is 0. The minimum Gasteiger partial charge on any atom is -0.273 e. The summed E-state index contributed by atoms with van der Waals surface area (Å²) in [6.45, 7) is 4.54. The molecule has 4 heteroatoms. The summed E-state index contributed by atoms with van der Waals surface area (Å²) in [7, 11) is 0. The average molecular weight is 398 g/mol. The van der Waals surface area contributed by atoms with Gasteiger partial charge in [0, 0.05) is 0 Å². The fourth-order valence-electron chi connectivity index (χ4n) is 0.680. The van der Waals surface area contributed by atoms with Gasteiger partial charge in [0.1, 0.15) is 0 Å². The van der Waals surface area contributed by atoms with E-state index in [2.05, 4.69) is 56.6 Å². The summed E-state index contributed by atoms with van der Waals surface area (Å²) in [5, 5.41) is 0. The van der Waals surface area contributed by atoms with Crippen LogP contribution in [0.1, 0.15) is 12.8 Å². The third-order valence-electron chi connectivity index (χ3n) is 1.17. The predicted octanol–water partition coefficient (Wildman–Crippen LogP) is 4.55. The molecule has 0 nitrogen and oxygen atoms in total. The maximum atomic E-state index is 2.99. The van der Waals surface area contributed by atoms with E-state index in [0.717, 1.165) is 12.8 Å². The normalized spacial score (nSPS) is 12.8. The molecule has 2 aliphatic carbocycles. The number of hydrogen-bond donors (Lipinski definition) is 0. The van der Waals surface area contributed by atoms with Gasteiger partial charge in [0.15, 0.2) is 0 Å². The molecule has 0 radical (unpaired) electrons. The molecular weight excluding hydrogens is 380 g/mol. The zero-order valence-electron chi connectivity index (χ0n) is 9.69. The Morgan fingerprint density at radius 1 is 0.938 bits per heavy atom.